The number of unbranched alkanes of at least 4 members (excludes halogenated alkanes) is 1. The molecule has 0 aliphatic rings. The second kappa shape index (κ2) is 7.15. The van der Waals surface area contributed by atoms with Crippen molar-refractivity contribution in [3.8, 4) is 11.6 Å². The number of rotatable bonds is 6. The van der Waals surface area contributed by atoms with Gasteiger partial charge >= 0.3 is 0 Å². The minimum absolute atomic E-state index is 0.467. The van der Waals surface area contributed by atoms with Crippen molar-refractivity contribution >= 4 is 11.6 Å². The quantitative estimate of drug-likeness (QED) is 0.696. The number of pyridine rings is 1. The summed E-state index contributed by atoms with van der Waals surface area (Å²) in [5.41, 5.74) is 2.35. The van der Waals surface area contributed by atoms with Crippen LogP contribution in [0.15, 0.2) is 42.6 Å². The van der Waals surface area contributed by atoms with Gasteiger partial charge in [0, 0.05) is 18.1 Å². The van der Waals surface area contributed by atoms with E-state index >= 15 is 0 Å². The zero-order valence-corrected chi connectivity index (χ0v) is 11.9. The fourth-order valence-corrected chi connectivity index (χ4v) is 1.98. The van der Waals surface area contributed by atoms with Crippen LogP contribution in [-0.2, 0) is 12.3 Å². The second-order valence-corrected chi connectivity index (χ2v) is 4.75. The Morgan fingerprint density at radius 2 is 1.89 bits per heavy atom. The molecule has 0 amide bonds. The summed E-state index contributed by atoms with van der Waals surface area (Å²) in [6, 6.07) is 11.9. The molecule has 0 saturated heterocycles. The van der Waals surface area contributed by atoms with Gasteiger partial charge in [0.15, 0.2) is 0 Å². The number of hydrogen-bond acceptors (Lipinski definition) is 2. The molecule has 1 heterocycles. The molecule has 0 N–H and O–H groups in total. The van der Waals surface area contributed by atoms with Gasteiger partial charge in [-0.15, -0.1) is 11.6 Å². The zero-order chi connectivity index (χ0) is 13.5. The third-order valence-electron chi connectivity index (χ3n) is 2.92. The molecular formula is C16H18ClNO. The number of ether oxygens (including phenoxy) is 1. The summed E-state index contributed by atoms with van der Waals surface area (Å²) >= 11 is 5.79. The molecule has 0 atom stereocenters. The number of nitrogens with zero attached hydrogens (tertiary/aromatic N) is 1. The Hall–Kier alpha value is -1.54. The minimum Gasteiger partial charge on any atom is -0.439 e. The predicted octanol–water partition coefficient (Wildman–Crippen LogP) is 4.96. The molecular weight excluding hydrogens is 258 g/mol. The second-order valence-electron chi connectivity index (χ2n) is 4.49. The number of aromatic nitrogens is 1. The van der Waals surface area contributed by atoms with E-state index in [9.17, 15) is 0 Å². The van der Waals surface area contributed by atoms with Gasteiger partial charge in [-0.05, 0) is 42.2 Å². The van der Waals surface area contributed by atoms with Crippen LogP contribution < -0.4 is 4.74 Å². The van der Waals surface area contributed by atoms with Crippen LogP contribution in [0.3, 0.4) is 0 Å². The molecule has 0 bridgehead atoms. The lowest BCUT2D eigenvalue weighted by atomic mass is 10.1. The molecule has 0 spiro atoms. The van der Waals surface area contributed by atoms with E-state index in [1.807, 2.05) is 24.3 Å². The number of alkyl halides is 1. The van der Waals surface area contributed by atoms with Crippen molar-refractivity contribution in [2.24, 2.45) is 0 Å². The normalized spacial score (nSPS) is 10.4. The standard InChI is InChI=1S/C16H18ClNO/c1-2-3-4-13-5-7-15(8-6-13)19-16-11-14(12-17)9-10-18-16/h5-11H,2-4,12H2,1H3. The molecule has 0 fully saturated rings. The molecule has 19 heavy (non-hydrogen) atoms. The Bertz CT molecular complexity index is 510. The van der Waals surface area contributed by atoms with Crippen LogP contribution in [0.4, 0.5) is 0 Å². The topological polar surface area (TPSA) is 22.1 Å². The van der Waals surface area contributed by atoms with Gasteiger partial charge in [0.1, 0.15) is 5.75 Å². The monoisotopic (exact) mass is 275 g/mol. The Morgan fingerprint density at radius 1 is 1.11 bits per heavy atom. The molecule has 0 unspecified atom stereocenters. The Labute approximate surface area is 119 Å². The van der Waals surface area contributed by atoms with Gasteiger partial charge in [0.05, 0.1) is 0 Å². The Balaban J connectivity index is 2.02. The van der Waals surface area contributed by atoms with Gasteiger partial charge in [-0.1, -0.05) is 25.5 Å². The van der Waals surface area contributed by atoms with Crippen LogP contribution in [0.1, 0.15) is 30.9 Å². The van der Waals surface area contributed by atoms with Crippen LogP contribution in [0, 0.1) is 0 Å². The minimum atomic E-state index is 0.467. The van der Waals surface area contributed by atoms with E-state index < -0.39 is 0 Å². The first-order valence-electron chi connectivity index (χ1n) is 6.59. The highest BCUT2D eigenvalue weighted by molar-refractivity contribution is 6.17. The third kappa shape index (κ3) is 4.25. The van der Waals surface area contributed by atoms with Crippen molar-refractivity contribution in [1.82, 2.24) is 4.98 Å². The summed E-state index contributed by atoms with van der Waals surface area (Å²) in [5.74, 6) is 1.85. The van der Waals surface area contributed by atoms with E-state index in [0.29, 0.717) is 11.8 Å². The Kier molecular flexibility index (Phi) is 5.22. The predicted molar refractivity (Wildman–Crippen MR) is 78.9 cm³/mol. The first-order chi connectivity index (χ1) is 9.31. The van der Waals surface area contributed by atoms with Crippen molar-refractivity contribution in [2.45, 2.75) is 32.1 Å². The van der Waals surface area contributed by atoms with Crippen LogP contribution >= 0.6 is 11.6 Å². The fourth-order valence-electron chi connectivity index (χ4n) is 1.82. The lowest BCUT2D eigenvalue weighted by Crippen LogP contribution is -1.90. The Morgan fingerprint density at radius 3 is 2.58 bits per heavy atom. The highest BCUT2D eigenvalue weighted by atomic mass is 35.5. The van der Waals surface area contributed by atoms with Crippen LogP contribution in [0.5, 0.6) is 11.6 Å². The average molecular weight is 276 g/mol. The summed E-state index contributed by atoms with van der Waals surface area (Å²) in [4.78, 5) is 4.17. The van der Waals surface area contributed by atoms with Gasteiger partial charge < -0.3 is 4.74 Å². The van der Waals surface area contributed by atoms with Crippen molar-refractivity contribution in [1.29, 1.82) is 0 Å². The van der Waals surface area contributed by atoms with Gasteiger partial charge in [0.25, 0.3) is 0 Å². The molecule has 0 radical (unpaired) electrons. The molecule has 2 aromatic rings. The summed E-state index contributed by atoms with van der Waals surface area (Å²) in [5, 5.41) is 0. The van der Waals surface area contributed by atoms with Crippen LogP contribution in [0.2, 0.25) is 0 Å². The fraction of sp³-hybridized carbons (Fsp3) is 0.312. The molecule has 2 nitrogen and oxygen atoms in total. The maximum absolute atomic E-state index is 5.79. The first kappa shape index (κ1) is 13.9. The smallest absolute Gasteiger partial charge is 0.219 e. The molecule has 100 valence electrons. The maximum Gasteiger partial charge on any atom is 0.219 e. The van der Waals surface area contributed by atoms with Crippen LogP contribution in [-0.4, -0.2) is 4.98 Å². The summed E-state index contributed by atoms with van der Waals surface area (Å²) in [6.07, 6.45) is 5.27. The SMILES string of the molecule is CCCCc1ccc(Oc2cc(CCl)ccn2)cc1. The van der Waals surface area contributed by atoms with Gasteiger partial charge in [-0.25, -0.2) is 4.98 Å². The maximum atomic E-state index is 5.79. The molecule has 0 saturated carbocycles. The molecule has 3 heteroatoms. The van der Waals surface area contributed by atoms with E-state index in [1.54, 1.807) is 6.20 Å². The number of benzene rings is 1. The number of hydrogen-bond donors (Lipinski definition) is 0. The van der Waals surface area contributed by atoms with Crippen molar-refractivity contribution in [2.75, 3.05) is 0 Å². The lowest BCUT2D eigenvalue weighted by molar-refractivity contribution is 0.462. The van der Waals surface area contributed by atoms with Crippen molar-refractivity contribution in [3.63, 3.8) is 0 Å². The van der Waals surface area contributed by atoms with Crippen molar-refractivity contribution in [3.05, 3.63) is 53.7 Å². The summed E-state index contributed by atoms with van der Waals surface area (Å²) < 4.78 is 5.71. The average Bonchev–Trinajstić information content (AvgIpc) is 2.47. The molecule has 2 rings (SSSR count). The van der Waals surface area contributed by atoms with Gasteiger partial charge in [-0.2, -0.15) is 0 Å². The van der Waals surface area contributed by atoms with E-state index in [-0.39, 0.29) is 0 Å². The molecule has 0 aliphatic heterocycles. The van der Waals surface area contributed by atoms with E-state index in [4.69, 9.17) is 16.3 Å². The highest BCUT2D eigenvalue weighted by Gasteiger charge is 2.00. The molecule has 1 aromatic heterocycles. The first-order valence-corrected chi connectivity index (χ1v) is 7.13. The number of aryl methyl sites for hydroxylation is 1. The third-order valence-corrected chi connectivity index (χ3v) is 3.23. The largest absolute Gasteiger partial charge is 0.439 e. The van der Waals surface area contributed by atoms with E-state index in [2.05, 4.69) is 24.0 Å². The zero-order valence-electron chi connectivity index (χ0n) is 11.1. The highest BCUT2D eigenvalue weighted by Crippen LogP contribution is 2.21. The van der Waals surface area contributed by atoms with E-state index in [0.717, 1.165) is 17.7 Å². The van der Waals surface area contributed by atoms with Crippen molar-refractivity contribution < 1.29 is 4.74 Å². The van der Waals surface area contributed by atoms with Gasteiger partial charge in [0.2, 0.25) is 5.88 Å². The molecule has 1 aromatic carbocycles. The lowest BCUT2D eigenvalue weighted by Gasteiger charge is -2.06. The van der Waals surface area contributed by atoms with Gasteiger partial charge in [-0.3, -0.25) is 0 Å². The summed E-state index contributed by atoms with van der Waals surface area (Å²) in [6.45, 7) is 2.20. The number of halogens is 1. The summed E-state index contributed by atoms with van der Waals surface area (Å²) in [7, 11) is 0. The van der Waals surface area contributed by atoms with E-state index in [1.165, 1.54) is 18.4 Å². The molecule has 0 aliphatic carbocycles. The van der Waals surface area contributed by atoms with Crippen LogP contribution in [0.25, 0.3) is 0 Å².